The van der Waals surface area contributed by atoms with Gasteiger partial charge in [-0.3, -0.25) is 4.72 Å². The van der Waals surface area contributed by atoms with Crippen molar-refractivity contribution < 1.29 is 4.74 Å². The van der Waals surface area contributed by atoms with Gasteiger partial charge in [-0.2, -0.15) is 0 Å². The summed E-state index contributed by atoms with van der Waals surface area (Å²) in [5.74, 6) is 1.60. The number of ether oxygens (including phenoxy) is 1. The zero-order valence-electron chi connectivity index (χ0n) is 9.51. The number of nitrogens with one attached hydrogen (secondary N) is 1. The van der Waals surface area contributed by atoms with Gasteiger partial charge in [0.1, 0.15) is 11.5 Å². The summed E-state index contributed by atoms with van der Waals surface area (Å²) >= 11 is 1.55. The Kier molecular flexibility index (Phi) is 3.90. The van der Waals surface area contributed by atoms with Crippen LogP contribution in [0, 0.1) is 0 Å². The van der Waals surface area contributed by atoms with Crippen molar-refractivity contribution >= 4 is 17.6 Å². The lowest BCUT2D eigenvalue weighted by molar-refractivity contribution is 0.481. The topological polar surface area (TPSA) is 47.3 Å². The highest BCUT2D eigenvalue weighted by atomic mass is 32.2. The third-order valence-electron chi connectivity index (χ3n) is 2.14. The largest absolute Gasteiger partial charge is 0.457 e. The second-order valence-electron chi connectivity index (χ2n) is 3.45. The molecule has 0 aromatic heterocycles. The van der Waals surface area contributed by atoms with Crippen molar-refractivity contribution in [3.8, 4) is 11.5 Å². The third-order valence-corrected chi connectivity index (χ3v) is 2.83. The van der Waals surface area contributed by atoms with Crippen LogP contribution in [0.2, 0.25) is 0 Å². The van der Waals surface area contributed by atoms with E-state index in [4.69, 9.17) is 10.5 Å². The quantitative estimate of drug-likeness (QED) is 0.642. The van der Waals surface area contributed by atoms with E-state index in [1.165, 1.54) is 0 Å². The second kappa shape index (κ2) is 5.61. The molecule has 0 atom stereocenters. The summed E-state index contributed by atoms with van der Waals surface area (Å²) in [5.41, 5.74) is 6.35. The van der Waals surface area contributed by atoms with Crippen molar-refractivity contribution in [1.29, 1.82) is 0 Å². The minimum absolute atomic E-state index is 0.733. The molecule has 0 amide bonds. The first-order chi connectivity index (χ1) is 8.28. The van der Waals surface area contributed by atoms with Crippen LogP contribution in [0.3, 0.4) is 0 Å². The minimum Gasteiger partial charge on any atom is -0.457 e. The molecule has 0 unspecified atom stereocenters. The fourth-order valence-electron chi connectivity index (χ4n) is 1.39. The van der Waals surface area contributed by atoms with Crippen molar-refractivity contribution in [2.24, 2.45) is 0 Å². The standard InChI is InChI=1S/C13H14N2OS/c1-15-17-13-4-2-3-12(9-13)16-11-7-5-10(14)6-8-11/h2-9,15H,14H2,1H3. The Hall–Kier alpha value is -1.65. The predicted octanol–water partition coefficient (Wildman–Crippen LogP) is 3.29. The molecule has 3 N–H and O–H groups in total. The molecular weight excluding hydrogens is 232 g/mol. The zero-order chi connectivity index (χ0) is 12.1. The van der Waals surface area contributed by atoms with Crippen molar-refractivity contribution in [1.82, 2.24) is 4.72 Å². The molecule has 3 nitrogen and oxygen atoms in total. The molecule has 2 aromatic rings. The van der Waals surface area contributed by atoms with Gasteiger partial charge in [0.15, 0.2) is 0 Å². The Balaban J connectivity index is 2.12. The van der Waals surface area contributed by atoms with Gasteiger partial charge in [0.2, 0.25) is 0 Å². The first-order valence-corrected chi connectivity index (χ1v) is 6.06. The Morgan fingerprint density at radius 3 is 2.53 bits per heavy atom. The van der Waals surface area contributed by atoms with E-state index in [-0.39, 0.29) is 0 Å². The maximum atomic E-state index is 5.72. The van der Waals surface area contributed by atoms with E-state index in [0.29, 0.717) is 0 Å². The average Bonchev–Trinajstić information content (AvgIpc) is 2.33. The summed E-state index contributed by atoms with van der Waals surface area (Å²) in [6, 6.07) is 15.3. The summed E-state index contributed by atoms with van der Waals surface area (Å²) in [6.07, 6.45) is 0. The first kappa shape index (κ1) is 11.8. The molecule has 0 aliphatic heterocycles. The van der Waals surface area contributed by atoms with Gasteiger partial charge >= 0.3 is 0 Å². The molecule has 0 bridgehead atoms. The molecule has 88 valence electrons. The van der Waals surface area contributed by atoms with Gasteiger partial charge < -0.3 is 10.5 Å². The normalized spacial score (nSPS) is 10.2. The number of rotatable bonds is 4. The molecule has 2 rings (SSSR count). The molecule has 4 heteroatoms. The summed E-state index contributed by atoms with van der Waals surface area (Å²) in [5, 5.41) is 0. The second-order valence-corrected chi connectivity index (χ2v) is 4.54. The highest BCUT2D eigenvalue weighted by Gasteiger charge is 1.99. The first-order valence-electron chi connectivity index (χ1n) is 5.25. The highest BCUT2D eigenvalue weighted by molar-refractivity contribution is 7.97. The molecule has 0 aliphatic carbocycles. The van der Waals surface area contributed by atoms with Gasteiger partial charge in [0.25, 0.3) is 0 Å². The molecular formula is C13H14N2OS. The lowest BCUT2D eigenvalue weighted by atomic mass is 10.3. The number of hydrogen-bond donors (Lipinski definition) is 2. The van der Waals surface area contributed by atoms with Crippen molar-refractivity contribution in [3.63, 3.8) is 0 Å². The molecule has 2 aromatic carbocycles. The fraction of sp³-hybridized carbons (Fsp3) is 0.0769. The average molecular weight is 246 g/mol. The van der Waals surface area contributed by atoms with Crippen LogP contribution >= 0.6 is 11.9 Å². The monoisotopic (exact) mass is 246 g/mol. The molecule has 17 heavy (non-hydrogen) atoms. The molecule has 0 spiro atoms. The summed E-state index contributed by atoms with van der Waals surface area (Å²) < 4.78 is 8.75. The third kappa shape index (κ3) is 3.41. The Bertz CT molecular complexity index is 485. The van der Waals surface area contributed by atoms with Crippen LogP contribution in [-0.2, 0) is 0 Å². The minimum atomic E-state index is 0.733. The van der Waals surface area contributed by atoms with Crippen LogP contribution in [0.5, 0.6) is 11.5 Å². The number of nitrogen functional groups attached to an aromatic ring is 1. The van der Waals surface area contributed by atoms with Crippen LogP contribution in [0.25, 0.3) is 0 Å². The van der Waals surface area contributed by atoms with Crippen molar-refractivity contribution in [2.45, 2.75) is 4.90 Å². The molecule has 0 radical (unpaired) electrons. The lowest BCUT2D eigenvalue weighted by Gasteiger charge is -2.07. The van der Waals surface area contributed by atoms with Crippen LogP contribution in [-0.4, -0.2) is 7.05 Å². The molecule has 0 saturated carbocycles. The lowest BCUT2D eigenvalue weighted by Crippen LogP contribution is -1.91. The fourth-order valence-corrected chi connectivity index (χ4v) is 1.95. The van der Waals surface area contributed by atoms with Gasteiger partial charge in [-0.25, -0.2) is 0 Å². The molecule has 0 aliphatic rings. The van der Waals surface area contributed by atoms with Gasteiger partial charge in [-0.05, 0) is 61.5 Å². The van der Waals surface area contributed by atoms with E-state index >= 15 is 0 Å². The van der Waals surface area contributed by atoms with E-state index < -0.39 is 0 Å². The summed E-state index contributed by atoms with van der Waals surface area (Å²) in [7, 11) is 1.89. The zero-order valence-corrected chi connectivity index (χ0v) is 10.3. The number of hydrogen-bond acceptors (Lipinski definition) is 4. The van der Waals surface area contributed by atoms with Crippen LogP contribution < -0.4 is 15.2 Å². The maximum Gasteiger partial charge on any atom is 0.128 e. The van der Waals surface area contributed by atoms with Crippen molar-refractivity contribution in [2.75, 3.05) is 12.8 Å². The predicted molar refractivity (Wildman–Crippen MR) is 72.3 cm³/mol. The van der Waals surface area contributed by atoms with Gasteiger partial charge in [0.05, 0.1) is 0 Å². The highest BCUT2D eigenvalue weighted by Crippen LogP contribution is 2.25. The van der Waals surface area contributed by atoms with E-state index in [1.54, 1.807) is 11.9 Å². The Morgan fingerprint density at radius 1 is 1.06 bits per heavy atom. The van der Waals surface area contributed by atoms with Crippen molar-refractivity contribution in [3.05, 3.63) is 48.5 Å². The molecule has 0 saturated heterocycles. The molecule has 0 heterocycles. The number of nitrogens with two attached hydrogens (primary N) is 1. The van der Waals surface area contributed by atoms with E-state index in [9.17, 15) is 0 Å². The Labute approximate surface area is 105 Å². The van der Waals surface area contributed by atoms with Gasteiger partial charge in [0, 0.05) is 10.6 Å². The van der Waals surface area contributed by atoms with Crippen LogP contribution in [0.15, 0.2) is 53.4 Å². The van der Waals surface area contributed by atoms with Gasteiger partial charge in [-0.1, -0.05) is 6.07 Å². The van der Waals surface area contributed by atoms with Crippen LogP contribution in [0.1, 0.15) is 0 Å². The van der Waals surface area contributed by atoms with Gasteiger partial charge in [-0.15, -0.1) is 0 Å². The Morgan fingerprint density at radius 2 is 1.82 bits per heavy atom. The maximum absolute atomic E-state index is 5.72. The van der Waals surface area contributed by atoms with Crippen LogP contribution in [0.4, 0.5) is 5.69 Å². The van der Waals surface area contributed by atoms with E-state index in [0.717, 1.165) is 22.1 Å². The summed E-state index contributed by atoms with van der Waals surface area (Å²) in [6.45, 7) is 0. The molecule has 0 fully saturated rings. The summed E-state index contributed by atoms with van der Waals surface area (Å²) in [4.78, 5) is 1.11. The number of benzene rings is 2. The smallest absolute Gasteiger partial charge is 0.128 e. The van der Waals surface area contributed by atoms with E-state index in [2.05, 4.69) is 4.72 Å². The SMILES string of the molecule is CNSc1cccc(Oc2ccc(N)cc2)c1. The number of anilines is 1. The van der Waals surface area contributed by atoms with E-state index in [1.807, 2.05) is 55.6 Å².